The second-order valence-corrected chi connectivity index (χ2v) is 4.65. The number of halogens is 4. The summed E-state index contributed by atoms with van der Waals surface area (Å²) in [6.07, 6.45) is -4.86. The van der Waals surface area contributed by atoms with Gasteiger partial charge in [0.2, 0.25) is 0 Å². The van der Waals surface area contributed by atoms with E-state index in [2.05, 4.69) is 10.6 Å². The largest absolute Gasteiger partial charge is 0.416 e. The van der Waals surface area contributed by atoms with Crippen LogP contribution in [-0.4, -0.2) is 25.3 Å². The molecule has 1 saturated heterocycles. The van der Waals surface area contributed by atoms with Crippen molar-refractivity contribution < 1.29 is 17.6 Å². The van der Waals surface area contributed by atoms with Crippen LogP contribution in [0.1, 0.15) is 17.5 Å². The fourth-order valence-electron chi connectivity index (χ4n) is 2.24. The summed E-state index contributed by atoms with van der Waals surface area (Å²) in [6.45, 7) is 0.957. The number of hydrogen-bond acceptors (Lipinski definition) is 2. The van der Waals surface area contributed by atoms with E-state index in [1.54, 1.807) is 6.07 Å². The minimum atomic E-state index is -4.37. The molecule has 2 nitrogen and oxygen atoms in total. The molecule has 1 fully saturated rings. The van der Waals surface area contributed by atoms with Gasteiger partial charge < -0.3 is 10.6 Å². The normalized spacial score (nSPS) is 24.4. The molecule has 1 heterocycles. The van der Waals surface area contributed by atoms with E-state index in [1.165, 1.54) is 12.1 Å². The summed E-state index contributed by atoms with van der Waals surface area (Å²) in [4.78, 5) is 0. The number of rotatable bonds is 3. The molecule has 0 spiro atoms. The molecule has 1 aromatic rings. The zero-order valence-electron chi connectivity index (χ0n) is 10.3. The van der Waals surface area contributed by atoms with Gasteiger partial charge in [-0.15, -0.1) is 0 Å². The SMILES string of the molecule is F[C@H]1CNCC[C@@H]1NCc1ccccc1C(F)(F)F. The van der Waals surface area contributed by atoms with E-state index in [0.29, 0.717) is 13.0 Å². The van der Waals surface area contributed by atoms with Gasteiger partial charge in [-0.25, -0.2) is 4.39 Å². The van der Waals surface area contributed by atoms with Gasteiger partial charge >= 0.3 is 6.18 Å². The zero-order valence-corrected chi connectivity index (χ0v) is 10.3. The van der Waals surface area contributed by atoms with Crippen molar-refractivity contribution in [2.45, 2.75) is 31.4 Å². The van der Waals surface area contributed by atoms with Crippen molar-refractivity contribution in [1.82, 2.24) is 10.6 Å². The van der Waals surface area contributed by atoms with Crippen LogP contribution in [0.2, 0.25) is 0 Å². The summed E-state index contributed by atoms with van der Waals surface area (Å²) in [6, 6.07) is 5.00. The molecule has 2 rings (SSSR count). The van der Waals surface area contributed by atoms with Crippen LogP contribution >= 0.6 is 0 Å². The summed E-state index contributed by atoms with van der Waals surface area (Å²) in [5.41, 5.74) is -0.507. The Morgan fingerprint density at radius 2 is 2.00 bits per heavy atom. The third kappa shape index (κ3) is 3.67. The topological polar surface area (TPSA) is 24.1 Å². The van der Waals surface area contributed by atoms with Gasteiger partial charge in [0.05, 0.1) is 5.56 Å². The van der Waals surface area contributed by atoms with E-state index >= 15 is 0 Å². The van der Waals surface area contributed by atoms with Crippen molar-refractivity contribution in [3.05, 3.63) is 35.4 Å². The number of piperidine rings is 1. The van der Waals surface area contributed by atoms with E-state index in [-0.39, 0.29) is 24.7 Å². The molecule has 0 saturated carbocycles. The molecule has 0 unspecified atom stereocenters. The Morgan fingerprint density at radius 1 is 1.26 bits per heavy atom. The van der Waals surface area contributed by atoms with Crippen molar-refractivity contribution in [3.8, 4) is 0 Å². The third-order valence-corrected chi connectivity index (χ3v) is 3.29. The van der Waals surface area contributed by atoms with Crippen molar-refractivity contribution in [3.63, 3.8) is 0 Å². The molecule has 19 heavy (non-hydrogen) atoms. The summed E-state index contributed by atoms with van der Waals surface area (Å²) in [7, 11) is 0. The van der Waals surface area contributed by atoms with Gasteiger partial charge in [0.1, 0.15) is 6.17 Å². The first-order chi connectivity index (χ1) is 8.98. The lowest BCUT2D eigenvalue weighted by molar-refractivity contribution is -0.138. The predicted molar refractivity (Wildman–Crippen MR) is 64.5 cm³/mol. The molecule has 1 aliphatic rings. The van der Waals surface area contributed by atoms with Gasteiger partial charge in [-0.1, -0.05) is 18.2 Å². The molecule has 1 aliphatic heterocycles. The van der Waals surface area contributed by atoms with Crippen LogP contribution in [0.15, 0.2) is 24.3 Å². The molecule has 6 heteroatoms. The molecule has 2 atom stereocenters. The lowest BCUT2D eigenvalue weighted by atomic mass is 10.0. The molecule has 1 aromatic carbocycles. The summed E-state index contributed by atoms with van der Waals surface area (Å²) < 4.78 is 51.9. The van der Waals surface area contributed by atoms with Gasteiger partial charge in [-0.3, -0.25) is 0 Å². The van der Waals surface area contributed by atoms with Crippen LogP contribution in [0.25, 0.3) is 0 Å². The third-order valence-electron chi connectivity index (χ3n) is 3.29. The van der Waals surface area contributed by atoms with Gasteiger partial charge in [0.25, 0.3) is 0 Å². The summed E-state index contributed by atoms with van der Waals surface area (Å²) in [5, 5.41) is 5.79. The molecular weight excluding hydrogens is 260 g/mol. The number of alkyl halides is 4. The van der Waals surface area contributed by atoms with Crippen LogP contribution in [0.5, 0.6) is 0 Å². The van der Waals surface area contributed by atoms with Crippen LogP contribution in [0.3, 0.4) is 0 Å². The van der Waals surface area contributed by atoms with Crippen LogP contribution in [0, 0.1) is 0 Å². The Morgan fingerprint density at radius 3 is 2.68 bits per heavy atom. The molecule has 0 radical (unpaired) electrons. The van der Waals surface area contributed by atoms with E-state index < -0.39 is 17.9 Å². The van der Waals surface area contributed by atoms with Gasteiger partial charge in [0.15, 0.2) is 0 Å². The Balaban J connectivity index is 2.03. The quantitative estimate of drug-likeness (QED) is 0.829. The Kier molecular flexibility index (Phi) is 4.42. The average Bonchev–Trinajstić information content (AvgIpc) is 2.37. The number of hydrogen-bond donors (Lipinski definition) is 2. The van der Waals surface area contributed by atoms with Crippen molar-refractivity contribution in [1.29, 1.82) is 0 Å². The number of benzene rings is 1. The fraction of sp³-hybridized carbons (Fsp3) is 0.538. The average molecular weight is 276 g/mol. The first kappa shape index (κ1) is 14.3. The van der Waals surface area contributed by atoms with Gasteiger partial charge in [0, 0.05) is 19.1 Å². The molecule has 106 valence electrons. The van der Waals surface area contributed by atoms with E-state index in [0.717, 1.165) is 6.07 Å². The first-order valence-electron chi connectivity index (χ1n) is 6.22. The zero-order chi connectivity index (χ0) is 13.9. The summed E-state index contributed by atoms with van der Waals surface area (Å²) in [5.74, 6) is 0. The maximum atomic E-state index is 13.5. The predicted octanol–water partition coefficient (Wildman–Crippen LogP) is 2.50. The molecule has 2 N–H and O–H groups in total. The van der Waals surface area contributed by atoms with Crippen LogP contribution < -0.4 is 10.6 Å². The highest BCUT2D eigenvalue weighted by molar-refractivity contribution is 5.29. The van der Waals surface area contributed by atoms with Crippen molar-refractivity contribution >= 4 is 0 Å². The minimum Gasteiger partial charge on any atom is -0.314 e. The minimum absolute atomic E-state index is 0.0285. The highest BCUT2D eigenvalue weighted by Crippen LogP contribution is 2.31. The standard InChI is InChI=1S/C13H16F4N2/c14-11-8-18-6-5-12(11)19-7-9-3-1-2-4-10(9)13(15,16)17/h1-4,11-12,18-19H,5-8H2/t11-,12-/m0/s1. The number of nitrogens with one attached hydrogen (secondary N) is 2. The second-order valence-electron chi connectivity index (χ2n) is 4.65. The first-order valence-corrected chi connectivity index (χ1v) is 6.22. The van der Waals surface area contributed by atoms with E-state index in [9.17, 15) is 17.6 Å². The second kappa shape index (κ2) is 5.88. The highest BCUT2D eigenvalue weighted by atomic mass is 19.4. The Bertz CT molecular complexity index is 419. The van der Waals surface area contributed by atoms with E-state index in [4.69, 9.17) is 0 Å². The van der Waals surface area contributed by atoms with Crippen LogP contribution in [-0.2, 0) is 12.7 Å². The maximum absolute atomic E-state index is 13.5. The molecule has 0 aromatic heterocycles. The smallest absolute Gasteiger partial charge is 0.314 e. The lowest BCUT2D eigenvalue weighted by Crippen LogP contribution is -2.48. The lowest BCUT2D eigenvalue weighted by Gasteiger charge is -2.28. The fourth-order valence-corrected chi connectivity index (χ4v) is 2.24. The Labute approximate surface area is 109 Å². The molecule has 0 amide bonds. The van der Waals surface area contributed by atoms with Crippen molar-refractivity contribution in [2.24, 2.45) is 0 Å². The van der Waals surface area contributed by atoms with Gasteiger partial charge in [-0.05, 0) is 24.6 Å². The maximum Gasteiger partial charge on any atom is 0.416 e. The molecule has 0 aliphatic carbocycles. The highest BCUT2D eigenvalue weighted by Gasteiger charge is 2.33. The summed E-state index contributed by atoms with van der Waals surface area (Å²) >= 11 is 0. The van der Waals surface area contributed by atoms with Crippen molar-refractivity contribution in [2.75, 3.05) is 13.1 Å². The monoisotopic (exact) mass is 276 g/mol. The Hall–Kier alpha value is -1.14. The van der Waals surface area contributed by atoms with E-state index in [1.807, 2.05) is 0 Å². The molecule has 0 bridgehead atoms. The van der Waals surface area contributed by atoms with Crippen LogP contribution in [0.4, 0.5) is 17.6 Å². The molecular formula is C13H16F4N2. The van der Waals surface area contributed by atoms with Gasteiger partial charge in [-0.2, -0.15) is 13.2 Å².